The molecule has 142 valence electrons. The lowest BCUT2D eigenvalue weighted by Crippen LogP contribution is -2.21. The molecule has 0 radical (unpaired) electrons. The highest BCUT2D eigenvalue weighted by atomic mass is 35.5. The number of ketones is 1. The maximum atomic E-state index is 12.2. The number of benzene rings is 2. The third-order valence-electron chi connectivity index (χ3n) is 3.68. The first kappa shape index (κ1) is 20.2. The van der Waals surface area contributed by atoms with Gasteiger partial charge in [-0.2, -0.15) is 0 Å². The maximum absolute atomic E-state index is 12.2. The summed E-state index contributed by atoms with van der Waals surface area (Å²) in [5.74, 6) is -0.485. The number of methoxy groups -OCH3 is 1. The lowest BCUT2D eigenvalue weighted by Gasteiger charge is -2.13. The Labute approximate surface area is 160 Å². The first-order valence-corrected chi connectivity index (χ1v) is 8.17. The van der Waals surface area contributed by atoms with Gasteiger partial charge in [-0.3, -0.25) is 19.7 Å². The van der Waals surface area contributed by atoms with Gasteiger partial charge in [0.25, 0.3) is 5.91 Å². The number of aryl methyl sites for hydroxylation is 1. The van der Waals surface area contributed by atoms with Crippen LogP contribution in [0, 0.1) is 17.0 Å². The molecule has 0 saturated carbocycles. The molecule has 27 heavy (non-hydrogen) atoms. The highest BCUT2D eigenvalue weighted by Gasteiger charge is 2.19. The molecule has 0 heterocycles. The molecule has 2 rings (SSSR count). The molecule has 0 unspecified atom stereocenters. The summed E-state index contributed by atoms with van der Waals surface area (Å²) in [5.41, 5.74) is 0.917. The van der Waals surface area contributed by atoms with Crippen LogP contribution >= 0.6 is 11.6 Å². The van der Waals surface area contributed by atoms with Crippen molar-refractivity contribution < 1.29 is 24.0 Å². The number of hydrogen-bond donors (Lipinski definition) is 1. The van der Waals surface area contributed by atoms with E-state index >= 15 is 0 Å². The number of nitrogens with zero attached hydrogens (tertiary/aromatic N) is 1. The Morgan fingerprint density at radius 1 is 1.22 bits per heavy atom. The Hall–Kier alpha value is -3.13. The number of halogens is 1. The Kier molecular flexibility index (Phi) is 6.36. The van der Waals surface area contributed by atoms with Gasteiger partial charge in [0.1, 0.15) is 5.75 Å². The molecule has 2 aromatic carbocycles. The van der Waals surface area contributed by atoms with E-state index in [1.165, 1.54) is 38.3 Å². The fourth-order valence-electron chi connectivity index (χ4n) is 2.35. The van der Waals surface area contributed by atoms with Crippen molar-refractivity contribution in [2.75, 3.05) is 19.0 Å². The van der Waals surface area contributed by atoms with Crippen molar-refractivity contribution in [3.63, 3.8) is 0 Å². The number of nitro benzene ring substituents is 1. The molecule has 0 spiro atoms. The number of hydrogen-bond acceptors (Lipinski definition) is 6. The smallest absolute Gasteiger partial charge is 0.311 e. The summed E-state index contributed by atoms with van der Waals surface area (Å²) in [5, 5.41) is 14.0. The minimum atomic E-state index is -0.565. The van der Waals surface area contributed by atoms with Crippen molar-refractivity contribution in [2.24, 2.45) is 0 Å². The highest BCUT2D eigenvalue weighted by molar-refractivity contribution is 6.31. The molecule has 9 heteroatoms. The molecule has 0 fully saturated rings. The zero-order valence-electron chi connectivity index (χ0n) is 14.9. The van der Waals surface area contributed by atoms with Gasteiger partial charge in [-0.15, -0.1) is 0 Å². The molecule has 0 bridgehead atoms. The topological polar surface area (TPSA) is 108 Å². The van der Waals surface area contributed by atoms with Crippen LogP contribution in [0.3, 0.4) is 0 Å². The third kappa shape index (κ3) is 4.95. The maximum Gasteiger partial charge on any atom is 0.311 e. The van der Waals surface area contributed by atoms with Crippen molar-refractivity contribution in [2.45, 2.75) is 13.8 Å². The number of nitro groups is 1. The van der Waals surface area contributed by atoms with Crippen molar-refractivity contribution in [3.05, 3.63) is 56.6 Å². The number of amides is 1. The van der Waals surface area contributed by atoms with Crippen LogP contribution in [0.15, 0.2) is 30.3 Å². The fourth-order valence-corrected chi connectivity index (χ4v) is 2.52. The Balaban J connectivity index is 2.13. The van der Waals surface area contributed by atoms with Gasteiger partial charge in [-0.25, -0.2) is 0 Å². The zero-order chi connectivity index (χ0) is 20.1. The average Bonchev–Trinajstić information content (AvgIpc) is 2.61. The largest absolute Gasteiger partial charge is 0.490 e. The second-order valence-electron chi connectivity index (χ2n) is 5.63. The van der Waals surface area contributed by atoms with Crippen LogP contribution in [0.25, 0.3) is 0 Å². The molecule has 0 aliphatic carbocycles. The van der Waals surface area contributed by atoms with Gasteiger partial charge < -0.3 is 14.8 Å². The van der Waals surface area contributed by atoms with Crippen molar-refractivity contribution in [3.8, 4) is 11.5 Å². The first-order chi connectivity index (χ1) is 12.7. The second-order valence-corrected chi connectivity index (χ2v) is 6.07. The molecular formula is C18H17ClN2O6. The quantitative estimate of drug-likeness (QED) is 0.436. The van der Waals surface area contributed by atoms with E-state index in [-0.39, 0.29) is 35.1 Å². The molecule has 0 aromatic heterocycles. The molecular weight excluding hydrogens is 376 g/mol. The van der Waals surface area contributed by atoms with E-state index in [1.54, 1.807) is 13.0 Å². The summed E-state index contributed by atoms with van der Waals surface area (Å²) >= 11 is 5.87. The summed E-state index contributed by atoms with van der Waals surface area (Å²) in [6.07, 6.45) is 0. The standard InChI is InChI=1S/C18H17ClN2O6/c1-10-6-15(21(24)25)17(26-3)8-14(10)20-18(23)9-27-16-5-4-12(19)7-13(16)11(2)22/h4-8H,9H2,1-3H3,(H,20,23). The normalized spacial score (nSPS) is 10.2. The number of anilines is 1. The van der Waals surface area contributed by atoms with Crippen molar-refractivity contribution >= 4 is 34.7 Å². The van der Waals surface area contributed by atoms with E-state index in [0.29, 0.717) is 16.3 Å². The van der Waals surface area contributed by atoms with Crippen LogP contribution < -0.4 is 14.8 Å². The third-order valence-corrected chi connectivity index (χ3v) is 3.91. The fraction of sp³-hybridized carbons (Fsp3) is 0.222. The van der Waals surface area contributed by atoms with E-state index in [1.807, 2.05) is 0 Å². The Bertz CT molecular complexity index is 913. The van der Waals surface area contributed by atoms with Gasteiger partial charge in [-0.1, -0.05) is 11.6 Å². The molecule has 8 nitrogen and oxygen atoms in total. The molecule has 0 aliphatic heterocycles. The second kappa shape index (κ2) is 8.50. The van der Waals surface area contributed by atoms with Crippen LogP contribution in [0.5, 0.6) is 11.5 Å². The summed E-state index contributed by atoms with van der Waals surface area (Å²) in [6.45, 7) is 2.63. The lowest BCUT2D eigenvalue weighted by atomic mass is 10.1. The molecule has 1 amide bonds. The van der Waals surface area contributed by atoms with E-state index in [0.717, 1.165) is 0 Å². The van der Waals surface area contributed by atoms with Crippen LogP contribution in [-0.2, 0) is 4.79 Å². The monoisotopic (exact) mass is 392 g/mol. The molecule has 1 N–H and O–H groups in total. The predicted octanol–water partition coefficient (Wildman–Crippen LogP) is 3.79. The number of Topliss-reactive ketones (excluding diaryl/α,β-unsaturated/α-hetero) is 1. The number of ether oxygens (including phenoxy) is 2. The summed E-state index contributed by atoms with van der Waals surface area (Å²) in [4.78, 5) is 34.3. The van der Waals surface area contributed by atoms with Crippen molar-refractivity contribution in [1.82, 2.24) is 0 Å². The molecule has 0 aliphatic rings. The predicted molar refractivity (Wildman–Crippen MR) is 100.0 cm³/mol. The van der Waals surface area contributed by atoms with Gasteiger partial charge in [0.05, 0.1) is 17.6 Å². The van der Waals surface area contributed by atoms with Crippen LogP contribution in [0.4, 0.5) is 11.4 Å². The van der Waals surface area contributed by atoms with Gasteiger partial charge in [0.15, 0.2) is 18.1 Å². The number of carbonyl (C=O) groups is 2. The Morgan fingerprint density at radius 3 is 2.52 bits per heavy atom. The number of nitrogens with one attached hydrogen (secondary N) is 1. The van der Waals surface area contributed by atoms with Gasteiger partial charge in [0.2, 0.25) is 0 Å². The van der Waals surface area contributed by atoms with Crippen LogP contribution in [-0.4, -0.2) is 30.3 Å². The molecule has 2 aromatic rings. The van der Waals surface area contributed by atoms with E-state index in [4.69, 9.17) is 21.1 Å². The zero-order valence-corrected chi connectivity index (χ0v) is 15.6. The minimum absolute atomic E-state index is 0.0263. The summed E-state index contributed by atoms with van der Waals surface area (Å²) in [7, 11) is 1.30. The van der Waals surface area contributed by atoms with Crippen molar-refractivity contribution in [1.29, 1.82) is 0 Å². The van der Waals surface area contributed by atoms with E-state index < -0.39 is 10.8 Å². The molecule has 0 atom stereocenters. The lowest BCUT2D eigenvalue weighted by molar-refractivity contribution is -0.385. The number of carbonyl (C=O) groups excluding carboxylic acids is 2. The first-order valence-electron chi connectivity index (χ1n) is 7.79. The number of rotatable bonds is 7. The SMILES string of the molecule is COc1cc(NC(=O)COc2ccc(Cl)cc2C(C)=O)c(C)cc1[N+](=O)[O-]. The summed E-state index contributed by atoms with van der Waals surface area (Å²) < 4.78 is 10.4. The van der Waals surface area contributed by atoms with Crippen LogP contribution in [0.1, 0.15) is 22.8 Å². The Morgan fingerprint density at radius 2 is 1.93 bits per heavy atom. The minimum Gasteiger partial charge on any atom is -0.490 e. The van der Waals surface area contributed by atoms with E-state index in [9.17, 15) is 19.7 Å². The van der Waals surface area contributed by atoms with E-state index in [2.05, 4.69) is 5.32 Å². The highest BCUT2D eigenvalue weighted by Crippen LogP contribution is 2.32. The van der Waals surface area contributed by atoms with Gasteiger partial charge in [0, 0.05) is 22.8 Å². The molecule has 0 saturated heterocycles. The average molecular weight is 393 g/mol. The van der Waals surface area contributed by atoms with Gasteiger partial charge in [-0.05, 0) is 37.6 Å². The summed E-state index contributed by atoms with van der Waals surface area (Å²) in [6, 6.07) is 7.19. The van der Waals surface area contributed by atoms with Crippen LogP contribution in [0.2, 0.25) is 5.02 Å². The van der Waals surface area contributed by atoms with Gasteiger partial charge >= 0.3 is 5.69 Å².